The molecule has 5 amide bonds. The summed E-state index contributed by atoms with van der Waals surface area (Å²) in [6, 6.07) is 8.14. The van der Waals surface area contributed by atoms with E-state index in [9.17, 15) is 51.0 Å². The molecule has 4 N–H and O–H groups in total. The molecule has 1 saturated carbocycles. The Balaban J connectivity index is 0.671. The number of nitrogens with zero attached hydrogens (tertiary/aromatic N) is 10. The van der Waals surface area contributed by atoms with E-state index in [4.69, 9.17) is 4.74 Å². The molecular formula is C66H83F6N13O7S. The molecule has 2 aromatic heterocycles. The molecule has 5 atom stereocenters. The minimum absolute atomic E-state index is 0.00334. The van der Waals surface area contributed by atoms with Crippen LogP contribution in [0.25, 0.3) is 21.6 Å². The summed E-state index contributed by atoms with van der Waals surface area (Å²) in [7, 11) is 1.97. The lowest BCUT2D eigenvalue weighted by Crippen LogP contribution is -2.59. The average Bonchev–Trinajstić information content (AvgIpc) is 1.74. The van der Waals surface area contributed by atoms with E-state index < -0.39 is 81.8 Å². The Morgan fingerprint density at radius 3 is 2.15 bits per heavy atom. The summed E-state index contributed by atoms with van der Waals surface area (Å²) in [5, 5.41) is 18.8. The standard InChI is InChI=1S/C66H83F6N13O7S/c1-40-35-84(36-41(2)79(40)7)53-31-51(68)49(30-52(53)77-59(88)48-14-13-46(67)28-50(48)66(70,71)72)45-33-74-63(75-34-45)83-24-22-82(23-25-83)56(87)38-81-20-18-80(19-21-81)17-9-8-10-26-92-55-27-43(57-42(3)76-39-93-57)11-12-44(55)32-73-60(89)54-29-47(86)37-85(54)61(90)58(64(4,5)6)78-62(91)65(69)15-16-65/h11-14,27-28,30-31,33-34,39-41,47,54,58,86H,8-10,15-26,29,32,35-38H2,1-7H3,(H,73,89)(H,77,88)(H,78,91)/t40-,41+,47-,54+,58-/m1/s1. The molecule has 20 nitrogen and oxygen atoms in total. The number of thiazole rings is 1. The number of halogens is 6. The van der Waals surface area contributed by atoms with Crippen LogP contribution in [0.2, 0.25) is 0 Å². The van der Waals surface area contributed by atoms with E-state index in [-0.39, 0.29) is 78.9 Å². The zero-order valence-electron chi connectivity index (χ0n) is 53.6. The van der Waals surface area contributed by atoms with Crippen molar-refractivity contribution in [1.82, 2.24) is 50.1 Å². The molecule has 3 aromatic carbocycles. The van der Waals surface area contributed by atoms with Crippen LogP contribution in [0, 0.1) is 24.0 Å². The number of piperazine rings is 3. The van der Waals surface area contributed by atoms with Crippen molar-refractivity contribution < 1.29 is 60.2 Å². The molecule has 5 fully saturated rings. The number of hydrogen-bond acceptors (Lipinski definition) is 16. The molecule has 0 unspecified atom stereocenters. The number of nitrogens with one attached hydrogen (secondary N) is 3. The Morgan fingerprint density at radius 2 is 1.51 bits per heavy atom. The fraction of sp³-hybridized carbons (Fsp3) is 0.545. The fourth-order valence-electron chi connectivity index (χ4n) is 12.5. The molecule has 10 rings (SSSR count). The maximum absolute atomic E-state index is 16.3. The number of β-amino-alcohol motifs (C(OH)–C–C–N with tert-alkyl or cyclic N) is 1. The molecule has 4 saturated heterocycles. The highest BCUT2D eigenvalue weighted by atomic mass is 32.1. The van der Waals surface area contributed by atoms with Crippen LogP contribution < -0.4 is 30.5 Å². The van der Waals surface area contributed by atoms with Crippen LogP contribution in [-0.2, 0) is 31.9 Å². The van der Waals surface area contributed by atoms with Gasteiger partial charge in [-0.05, 0) is 114 Å². The summed E-state index contributed by atoms with van der Waals surface area (Å²) in [4.78, 5) is 96.1. The first kappa shape index (κ1) is 68.4. The highest BCUT2D eigenvalue weighted by Crippen LogP contribution is 2.42. The predicted molar refractivity (Wildman–Crippen MR) is 341 cm³/mol. The third-order valence-electron chi connectivity index (χ3n) is 18.5. The van der Waals surface area contributed by atoms with Crippen LogP contribution in [0.5, 0.6) is 5.75 Å². The first-order valence-corrected chi connectivity index (χ1v) is 32.7. The van der Waals surface area contributed by atoms with Gasteiger partial charge in [0.25, 0.3) is 11.8 Å². The van der Waals surface area contributed by atoms with Gasteiger partial charge in [0, 0.05) is 126 Å². The van der Waals surface area contributed by atoms with Gasteiger partial charge in [0.2, 0.25) is 23.7 Å². The lowest BCUT2D eigenvalue weighted by molar-refractivity contribution is -0.145. The number of rotatable bonds is 21. The number of carbonyl (C=O) groups is 5. The van der Waals surface area contributed by atoms with Crippen molar-refractivity contribution in [2.75, 3.05) is 114 Å². The fourth-order valence-corrected chi connectivity index (χ4v) is 13.3. The zero-order valence-corrected chi connectivity index (χ0v) is 54.4. The van der Waals surface area contributed by atoms with Gasteiger partial charge >= 0.3 is 6.18 Å². The van der Waals surface area contributed by atoms with Crippen molar-refractivity contribution in [3.63, 3.8) is 0 Å². The van der Waals surface area contributed by atoms with Crippen molar-refractivity contribution in [3.8, 4) is 27.3 Å². The molecule has 0 spiro atoms. The van der Waals surface area contributed by atoms with Crippen LogP contribution >= 0.6 is 11.3 Å². The van der Waals surface area contributed by atoms with E-state index in [1.165, 1.54) is 40.8 Å². The number of unbranched alkanes of at least 4 members (excludes halogenated alkanes) is 2. The van der Waals surface area contributed by atoms with E-state index in [0.717, 1.165) is 85.8 Å². The van der Waals surface area contributed by atoms with Crippen LogP contribution in [0.1, 0.15) is 100 Å². The number of likely N-dealkylation sites (tertiary alicyclic amines) is 1. The minimum atomic E-state index is -5.02. The molecule has 93 heavy (non-hydrogen) atoms. The second kappa shape index (κ2) is 28.6. The second-order valence-corrected chi connectivity index (χ2v) is 27.2. The molecule has 0 radical (unpaired) electrons. The molecule has 6 heterocycles. The Morgan fingerprint density at radius 1 is 0.817 bits per heavy atom. The lowest BCUT2D eigenvalue weighted by atomic mass is 9.85. The van der Waals surface area contributed by atoms with Crippen LogP contribution in [0.15, 0.2) is 66.4 Å². The molecule has 1 aliphatic carbocycles. The maximum atomic E-state index is 16.3. The molecule has 5 aliphatic rings. The molecule has 502 valence electrons. The number of hydrogen-bond donors (Lipinski definition) is 4. The van der Waals surface area contributed by atoms with Crippen LogP contribution in [0.4, 0.5) is 43.7 Å². The lowest BCUT2D eigenvalue weighted by Gasteiger charge is -2.44. The van der Waals surface area contributed by atoms with Gasteiger partial charge in [-0.3, -0.25) is 33.8 Å². The summed E-state index contributed by atoms with van der Waals surface area (Å²) < 4.78 is 93.6. The number of aryl methyl sites for hydroxylation is 1. The molecule has 4 aliphatic heterocycles. The van der Waals surface area contributed by atoms with Gasteiger partial charge in [-0.1, -0.05) is 32.9 Å². The number of anilines is 3. The normalized spacial score (nSPS) is 21.0. The van der Waals surface area contributed by atoms with Gasteiger partial charge < -0.3 is 50.3 Å². The topological polar surface area (TPSA) is 212 Å². The van der Waals surface area contributed by atoms with E-state index in [1.807, 2.05) is 60.7 Å². The van der Waals surface area contributed by atoms with E-state index in [2.05, 4.69) is 45.6 Å². The first-order chi connectivity index (χ1) is 44.1. The number of amides is 5. The van der Waals surface area contributed by atoms with Gasteiger partial charge in [0.1, 0.15) is 29.5 Å². The number of likely N-dealkylation sites (N-methyl/N-ethyl adjacent to an activating group) is 1. The van der Waals surface area contributed by atoms with Crippen LogP contribution in [0.3, 0.4) is 0 Å². The predicted octanol–water partition coefficient (Wildman–Crippen LogP) is 7.78. The van der Waals surface area contributed by atoms with E-state index in [0.29, 0.717) is 64.1 Å². The van der Waals surface area contributed by atoms with Gasteiger partial charge in [-0.25, -0.2) is 28.1 Å². The number of alkyl halides is 4. The van der Waals surface area contributed by atoms with Crippen molar-refractivity contribution >= 4 is 58.2 Å². The number of aliphatic hydroxyl groups is 1. The van der Waals surface area contributed by atoms with Crippen molar-refractivity contribution in [2.24, 2.45) is 5.41 Å². The number of ether oxygens (including phenoxy) is 1. The summed E-state index contributed by atoms with van der Waals surface area (Å²) in [6.07, 6.45) is -0.298. The Kier molecular flexibility index (Phi) is 21.1. The quantitative estimate of drug-likeness (QED) is 0.0408. The first-order valence-electron chi connectivity index (χ1n) is 31.8. The average molecular weight is 1320 g/mol. The van der Waals surface area contributed by atoms with Gasteiger partial charge in [0.05, 0.1) is 57.8 Å². The largest absolute Gasteiger partial charge is 0.493 e. The summed E-state index contributed by atoms with van der Waals surface area (Å²) in [5.41, 5.74) is -0.132. The molecular weight excluding hydrogens is 1230 g/mol. The highest BCUT2D eigenvalue weighted by molar-refractivity contribution is 7.13. The minimum Gasteiger partial charge on any atom is -0.493 e. The number of carbonyl (C=O) groups excluding carboxylic acids is 5. The SMILES string of the molecule is Cc1ncsc1-c1ccc(CNC(=O)[C@@H]2C[C@@H](O)CN2C(=O)[C@@H](NC(=O)C2(F)CC2)C(C)(C)C)c(OCCCCCN2CCN(CC(=O)N3CCN(c4ncc(-c5cc(NC(=O)c6ccc(F)cc6C(F)(F)F)c(N6C[C@@H](C)N(C)[C@@H](C)C6)cc5F)cn4)CC3)CC2)c1. The van der Waals surface area contributed by atoms with Crippen molar-refractivity contribution in [1.29, 1.82) is 0 Å². The number of aliphatic hydroxyl groups excluding tert-OH is 1. The third-order valence-corrected chi connectivity index (χ3v) is 19.5. The molecule has 27 heteroatoms. The summed E-state index contributed by atoms with van der Waals surface area (Å²) in [5.74, 6) is -3.84. The Hall–Kier alpha value is -7.46. The van der Waals surface area contributed by atoms with Crippen LogP contribution in [-0.4, -0.2) is 209 Å². The van der Waals surface area contributed by atoms with Gasteiger partial charge in [-0.2, -0.15) is 13.2 Å². The molecule has 0 bridgehead atoms. The van der Waals surface area contributed by atoms with Crippen molar-refractivity contribution in [3.05, 3.63) is 100 Å². The molecule has 5 aromatic rings. The smallest absolute Gasteiger partial charge is 0.417 e. The summed E-state index contributed by atoms with van der Waals surface area (Å²) >= 11 is 1.52. The summed E-state index contributed by atoms with van der Waals surface area (Å²) in [6.45, 7) is 18.6. The van der Waals surface area contributed by atoms with Crippen molar-refractivity contribution in [2.45, 2.75) is 129 Å². The Bertz CT molecular complexity index is 3510. The highest BCUT2D eigenvalue weighted by Gasteiger charge is 2.53. The number of aromatic nitrogens is 3. The van der Waals surface area contributed by atoms with E-state index in [1.54, 1.807) is 26.3 Å². The second-order valence-electron chi connectivity index (χ2n) is 26.4. The number of benzene rings is 3. The maximum Gasteiger partial charge on any atom is 0.417 e. The Labute approximate surface area is 542 Å². The monoisotopic (exact) mass is 1320 g/mol. The van der Waals surface area contributed by atoms with E-state index >= 15 is 4.39 Å². The third kappa shape index (κ3) is 16.4. The zero-order chi connectivity index (χ0) is 66.7. The van der Waals surface area contributed by atoms with Gasteiger partial charge in [0.15, 0.2) is 5.67 Å². The van der Waals surface area contributed by atoms with Gasteiger partial charge in [-0.15, -0.1) is 11.3 Å².